The number of aromatic nitrogens is 3. The summed E-state index contributed by atoms with van der Waals surface area (Å²) >= 11 is 13.6. The average Bonchev–Trinajstić information content (AvgIpc) is 3.48. The summed E-state index contributed by atoms with van der Waals surface area (Å²) < 4.78 is 13.1. The van der Waals surface area contributed by atoms with E-state index in [1.807, 2.05) is 31.2 Å². The molecule has 3 heterocycles. The predicted octanol–water partition coefficient (Wildman–Crippen LogP) is 5.33. The van der Waals surface area contributed by atoms with Crippen molar-refractivity contribution in [1.82, 2.24) is 14.6 Å². The molecule has 6 nitrogen and oxygen atoms in total. The first-order chi connectivity index (χ1) is 15.5. The highest BCUT2D eigenvalue weighted by Crippen LogP contribution is 2.32. The zero-order valence-corrected chi connectivity index (χ0v) is 19.0. The third-order valence-electron chi connectivity index (χ3n) is 4.70. The Balaban J connectivity index is 1.47. The predicted molar refractivity (Wildman–Crippen MR) is 127 cm³/mol. The number of benzene rings is 2. The third-order valence-corrected chi connectivity index (χ3v) is 6.22. The maximum Gasteiger partial charge on any atom is 0.291 e. The third kappa shape index (κ3) is 3.90. The lowest BCUT2D eigenvalue weighted by atomic mass is 10.2. The van der Waals surface area contributed by atoms with Crippen molar-refractivity contribution in [1.29, 1.82) is 0 Å². The minimum Gasteiger partial charge on any atom is -0.494 e. The van der Waals surface area contributed by atoms with Gasteiger partial charge in [-0.3, -0.25) is 4.79 Å². The van der Waals surface area contributed by atoms with E-state index in [1.54, 1.807) is 36.4 Å². The molecular formula is C23H15Cl2N3O3S. The van der Waals surface area contributed by atoms with E-state index in [1.165, 1.54) is 15.9 Å². The standard InChI is InChI=1S/C23H15Cl2N3O3S/c1-2-30-15-6-3-13(4-7-15)21-26-23-28(27-21)22(29)20(32-23)12-16-8-10-19(31-16)17-11-14(24)5-9-18(17)25/h3-12H,2H2,1H3/b20-12-. The molecule has 0 aliphatic carbocycles. The van der Waals surface area contributed by atoms with Crippen LogP contribution in [0.15, 0.2) is 63.8 Å². The smallest absolute Gasteiger partial charge is 0.291 e. The zero-order valence-electron chi connectivity index (χ0n) is 16.7. The van der Waals surface area contributed by atoms with Gasteiger partial charge in [0, 0.05) is 22.2 Å². The maximum absolute atomic E-state index is 12.8. The number of furan rings is 1. The van der Waals surface area contributed by atoms with Crippen LogP contribution in [0.2, 0.25) is 10.0 Å². The average molecular weight is 484 g/mol. The second-order valence-corrected chi connectivity index (χ2v) is 8.68. The number of nitrogens with zero attached hydrogens (tertiary/aromatic N) is 3. The summed E-state index contributed by atoms with van der Waals surface area (Å²) in [6.07, 6.45) is 1.67. The molecule has 9 heteroatoms. The van der Waals surface area contributed by atoms with Crippen molar-refractivity contribution in [2.24, 2.45) is 0 Å². The quantitative estimate of drug-likeness (QED) is 0.337. The Morgan fingerprint density at radius 2 is 1.94 bits per heavy atom. The van der Waals surface area contributed by atoms with Crippen LogP contribution in [0.3, 0.4) is 0 Å². The highest BCUT2D eigenvalue weighted by molar-refractivity contribution is 7.15. The molecule has 5 rings (SSSR count). The van der Waals surface area contributed by atoms with Crippen molar-refractivity contribution in [3.8, 4) is 28.5 Å². The Bertz CT molecular complexity index is 1540. The van der Waals surface area contributed by atoms with Gasteiger partial charge in [-0.15, -0.1) is 5.10 Å². The van der Waals surface area contributed by atoms with Crippen LogP contribution in [0.1, 0.15) is 12.7 Å². The van der Waals surface area contributed by atoms with E-state index in [9.17, 15) is 4.79 Å². The van der Waals surface area contributed by atoms with Crippen LogP contribution in [0, 0.1) is 0 Å². The van der Waals surface area contributed by atoms with Crippen LogP contribution in [-0.2, 0) is 0 Å². The molecule has 2 aromatic carbocycles. The second kappa shape index (κ2) is 8.43. The number of thiazole rings is 1. The molecule has 0 atom stereocenters. The summed E-state index contributed by atoms with van der Waals surface area (Å²) in [4.78, 5) is 17.8. The number of rotatable bonds is 5. The maximum atomic E-state index is 12.8. The van der Waals surface area contributed by atoms with Crippen LogP contribution >= 0.6 is 34.5 Å². The highest BCUT2D eigenvalue weighted by atomic mass is 35.5. The first-order valence-electron chi connectivity index (χ1n) is 9.71. The summed E-state index contributed by atoms with van der Waals surface area (Å²) in [7, 11) is 0. The highest BCUT2D eigenvalue weighted by Gasteiger charge is 2.13. The number of hydrogen-bond acceptors (Lipinski definition) is 6. The molecule has 0 spiro atoms. The normalized spacial score (nSPS) is 12.0. The summed E-state index contributed by atoms with van der Waals surface area (Å²) in [5, 5.41) is 5.46. The lowest BCUT2D eigenvalue weighted by molar-refractivity contribution is 0.340. The van der Waals surface area contributed by atoms with Crippen LogP contribution in [-0.4, -0.2) is 21.2 Å². The summed E-state index contributed by atoms with van der Waals surface area (Å²) in [5.74, 6) is 2.34. The van der Waals surface area contributed by atoms with Gasteiger partial charge in [-0.25, -0.2) is 0 Å². The molecular weight excluding hydrogens is 469 g/mol. The van der Waals surface area contributed by atoms with Crippen LogP contribution < -0.4 is 14.8 Å². The molecule has 160 valence electrons. The van der Waals surface area contributed by atoms with E-state index in [0.717, 1.165) is 11.3 Å². The molecule has 32 heavy (non-hydrogen) atoms. The number of ether oxygens (including phenoxy) is 1. The minimum absolute atomic E-state index is 0.256. The lowest BCUT2D eigenvalue weighted by Gasteiger charge is -2.02. The number of fused-ring (bicyclic) bond motifs is 1. The number of halogens is 2. The topological polar surface area (TPSA) is 69.6 Å². The fourth-order valence-corrected chi connectivity index (χ4v) is 4.48. The van der Waals surface area contributed by atoms with Crippen molar-refractivity contribution in [3.05, 3.63) is 85.3 Å². The molecule has 0 amide bonds. The minimum atomic E-state index is -0.256. The largest absolute Gasteiger partial charge is 0.494 e. The SMILES string of the molecule is CCOc1ccc(-c2nc3s/c(=C\c4ccc(-c5cc(Cl)ccc5Cl)o4)c(=O)n3n2)cc1. The van der Waals surface area contributed by atoms with Crippen molar-refractivity contribution < 1.29 is 9.15 Å². The van der Waals surface area contributed by atoms with Gasteiger partial charge >= 0.3 is 0 Å². The van der Waals surface area contributed by atoms with E-state index >= 15 is 0 Å². The summed E-state index contributed by atoms with van der Waals surface area (Å²) in [6.45, 7) is 2.53. The second-order valence-electron chi connectivity index (χ2n) is 6.83. The monoisotopic (exact) mass is 483 g/mol. The van der Waals surface area contributed by atoms with E-state index in [4.69, 9.17) is 32.4 Å². The van der Waals surface area contributed by atoms with Gasteiger partial charge in [0.05, 0.1) is 11.6 Å². The van der Waals surface area contributed by atoms with Crippen molar-refractivity contribution in [2.45, 2.75) is 6.92 Å². The Hall–Kier alpha value is -3.13. The summed E-state index contributed by atoms with van der Waals surface area (Å²) in [6, 6.07) is 16.2. The summed E-state index contributed by atoms with van der Waals surface area (Å²) in [5.41, 5.74) is 1.24. The van der Waals surface area contributed by atoms with Gasteiger partial charge in [0.15, 0.2) is 5.82 Å². The van der Waals surface area contributed by atoms with Gasteiger partial charge in [0.25, 0.3) is 5.56 Å². The molecule has 0 fully saturated rings. The fourth-order valence-electron chi connectivity index (χ4n) is 3.21. The van der Waals surface area contributed by atoms with Gasteiger partial charge in [-0.2, -0.15) is 9.50 Å². The molecule has 0 bridgehead atoms. The van der Waals surface area contributed by atoms with E-state index in [-0.39, 0.29) is 5.56 Å². The van der Waals surface area contributed by atoms with Crippen LogP contribution in [0.25, 0.3) is 33.7 Å². The van der Waals surface area contributed by atoms with Gasteiger partial charge in [0.1, 0.15) is 21.8 Å². The van der Waals surface area contributed by atoms with Crippen molar-refractivity contribution >= 4 is 45.6 Å². The molecule has 0 saturated carbocycles. The molecule has 3 aromatic heterocycles. The molecule has 0 unspecified atom stereocenters. The molecule has 0 aliphatic heterocycles. The fraction of sp³-hybridized carbons (Fsp3) is 0.0870. The molecule has 0 aliphatic rings. The van der Waals surface area contributed by atoms with E-state index < -0.39 is 0 Å². The lowest BCUT2D eigenvalue weighted by Crippen LogP contribution is -2.23. The number of hydrogen-bond donors (Lipinski definition) is 0. The molecule has 0 N–H and O–H groups in total. The zero-order chi connectivity index (χ0) is 22.2. The van der Waals surface area contributed by atoms with E-state index in [2.05, 4.69) is 10.1 Å². The van der Waals surface area contributed by atoms with Gasteiger partial charge in [-0.05, 0) is 61.5 Å². The van der Waals surface area contributed by atoms with E-state index in [0.29, 0.717) is 49.1 Å². The van der Waals surface area contributed by atoms with Crippen molar-refractivity contribution in [3.63, 3.8) is 0 Å². The Morgan fingerprint density at radius 1 is 1.12 bits per heavy atom. The Morgan fingerprint density at radius 3 is 2.69 bits per heavy atom. The molecule has 0 saturated heterocycles. The van der Waals surface area contributed by atoms with Crippen LogP contribution in [0.5, 0.6) is 5.75 Å². The Labute approximate surface area is 196 Å². The van der Waals surface area contributed by atoms with Crippen molar-refractivity contribution in [2.75, 3.05) is 6.61 Å². The Kier molecular flexibility index (Phi) is 5.46. The van der Waals surface area contributed by atoms with Crippen LogP contribution in [0.4, 0.5) is 0 Å². The molecule has 0 radical (unpaired) electrons. The van der Waals surface area contributed by atoms with Gasteiger partial charge in [-0.1, -0.05) is 34.5 Å². The van der Waals surface area contributed by atoms with Gasteiger partial charge < -0.3 is 9.15 Å². The molecule has 5 aromatic rings. The van der Waals surface area contributed by atoms with Gasteiger partial charge in [0.2, 0.25) is 4.96 Å². The first-order valence-corrected chi connectivity index (χ1v) is 11.3. The first kappa shape index (κ1) is 20.8.